The molecule has 2 aliphatic carbocycles. The van der Waals surface area contributed by atoms with Crippen molar-refractivity contribution < 1.29 is 4.79 Å². The monoisotopic (exact) mass is 293 g/mol. The van der Waals surface area contributed by atoms with Gasteiger partial charge < -0.3 is 10.6 Å². The zero-order chi connectivity index (χ0) is 14.8. The van der Waals surface area contributed by atoms with Gasteiger partial charge in [0.05, 0.1) is 0 Å². The summed E-state index contributed by atoms with van der Waals surface area (Å²) >= 11 is 0. The SMILES string of the molecule is CCC(CCN)N1CCN(C(=O)C2CC3CCC2C3)CC1. The smallest absolute Gasteiger partial charge is 0.226 e. The van der Waals surface area contributed by atoms with Crippen LogP contribution < -0.4 is 5.73 Å². The summed E-state index contributed by atoms with van der Waals surface area (Å²) in [5.74, 6) is 2.40. The first-order valence-corrected chi connectivity index (χ1v) is 8.95. The average Bonchev–Trinajstić information content (AvgIpc) is 3.15. The first-order chi connectivity index (χ1) is 10.2. The van der Waals surface area contributed by atoms with Crippen LogP contribution in [0.15, 0.2) is 0 Å². The second-order valence-electron chi connectivity index (χ2n) is 7.28. The highest BCUT2D eigenvalue weighted by Crippen LogP contribution is 2.48. The predicted octanol–water partition coefficient (Wildman–Crippen LogP) is 1.69. The van der Waals surface area contributed by atoms with Crippen LogP contribution in [0.1, 0.15) is 45.4 Å². The van der Waals surface area contributed by atoms with Crippen molar-refractivity contribution in [2.45, 2.75) is 51.5 Å². The molecular formula is C17H31N3O. The van der Waals surface area contributed by atoms with Crippen LogP contribution in [0.2, 0.25) is 0 Å². The maximum atomic E-state index is 12.7. The third kappa shape index (κ3) is 3.11. The summed E-state index contributed by atoms with van der Waals surface area (Å²) in [4.78, 5) is 17.4. The summed E-state index contributed by atoms with van der Waals surface area (Å²) in [6.45, 7) is 6.92. The van der Waals surface area contributed by atoms with E-state index in [2.05, 4.69) is 16.7 Å². The van der Waals surface area contributed by atoms with Gasteiger partial charge in [-0.25, -0.2) is 0 Å². The topological polar surface area (TPSA) is 49.6 Å². The average molecular weight is 293 g/mol. The van der Waals surface area contributed by atoms with E-state index in [1.165, 1.54) is 25.7 Å². The number of nitrogens with zero attached hydrogens (tertiary/aromatic N) is 2. The summed E-state index contributed by atoms with van der Waals surface area (Å²) in [6, 6.07) is 0.606. The molecule has 21 heavy (non-hydrogen) atoms. The number of fused-ring (bicyclic) bond motifs is 2. The van der Waals surface area contributed by atoms with E-state index >= 15 is 0 Å². The van der Waals surface area contributed by atoms with E-state index in [0.29, 0.717) is 23.8 Å². The van der Waals surface area contributed by atoms with Crippen molar-refractivity contribution in [2.75, 3.05) is 32.7 Å². The maximum absolute atomic E-state index is 12.7. The third-order valence-electron chi connectivity index (χ3n) is 6.17. The summed E-state index contributed by atoms with van der Waals surface area (Å²) in [7, 11) is 0. The lowest BCUT2D eigenvalue weighted by Gasteiger charge is -2.40. The summed E-state index contributed by atoms with van der Waals surface area (Å²) in [5, 5.41) is 0. The molecule has 1 amide bonds. The number of piperazine rings is 1. The molecule has 3 rings (SSSR count). The van der Waals surface area contributed by atoms with Crippen LogP contribution in [0.5, 0.6) is 0 Å². The predicted molar refractivity (Wildman–Crippen MR) is 84.8 cm³/mol. The van der Waals surface area contributed by atoms with Crippen LogP contribution in [-0.4, -0.2) is 54.5 Å². The van der Waals surface area contributed by atoms with Crippen molar-refractivity contribution in [2.24, 2.45) is 23.5 Å². The Balaban J connectivity index is 1.50. The van der Waals surface area contributed by atoms with E-state index in [0.717, 1.165) is 51.5 Å². The van der Waals surface area contributed by atoms with Gasteiger partial charge in [-0.15, -0.1) is 0 Å². The summed E-state index contributed by atoms with van der Waals surface area (Å²) in [6.07, 6.45) is 7.42. The fourth-order valence-electron chi connectivity index (χ4n) is 4.93. The Morgan fingerprint density at radius 1 is 1.19 bits per heavy atom. The molecule has 4 nitrogen and oxygen atoms in total. The molecule has 4 heteroatoms. The lowest BCUT2D eigenvalue weighted by atomic mass is 9.87. The molecule has 4 atom stereocenters. The number of rotatable bonds is 5. The molecule has 1 heterocycles. The van der Waals surface area contributed by atoms with Crippen LogP contribution in [0, 0.1) is 17.8 Å². The Labute approximate surface area is 129 Å². The highest BCUT2D eigenvalue weighted by molar-refractivity contribution is 5.79. The Hall–Kier alpha value is -0.610. The molecule has 2 bridgehead atoms. The minimum atomic E-state index is 0.362. The fourth-order valence-corrected chi connectivity index (χ4v) is 4.93. The molecule has 2 saturated carbocycles. The van der Waals surface area contributed by atoms with E-state index in [1.54, 1.807) is 0 Å². The van der Waals surface area contributed by atoms with Crippen LogP contribution in [0.3, 0.4) is 0 Å². The van der Waals surface area contributed by atoms with Gasteiger partial charge in [0.1, 0.15) is 0 Å². The molecular weight excluding hydrogens is 262 g/mol. The highest BCUT2D eigenvalue weighted by atomic mass is 16.2. The minimum Gasteiger partial charge on any atom is -0.340 e. The molecule has 120 valence electrons. The fraction of sp³-hybridized carbons (Fsp3) is 0.941. The van der Waals surface area contributed by atoms with Crippen molar-refractivity contribution in [1.82, 2.24) is 9.80 Å². The van der Waals surface area contributed by atoms with Gasteiger partial charge in [-0.05, 0) is 50.5 Å². The lowest BCUT2D eigenvalue weighted by molar-refractivity contribution is -0.139. The first-order valence-electron chi connectivity index (χ1n) is 8.95. The quantitative estimate of drug-likeness (QED) is 0.839. The van der Waals surface area contributed by atoms with Crippen molar-refractivity contribution >= 4 is 5.91 Å². The molecule has 0 aromatic carbocycles. The van der Waals surface area contributed by atoms with Crippen molar-refractivity contribution in [3.8, 4) is 0 Å². The van der Waals surface area contributed by atoms with Gasteiger partial charge in [0, 0.05) is 38.1 Å². The van der Waals surface area contributed by atoms with Crippen LogP contribution in [0.25, 0.3) is 0 Å². The number of amides is 1. The highest BCUT2D eigenvalue weighted by Gasteiger charge is 2.44. The number of nitrogens with two attached hydrogens (primary N) is 1. The van der Waals surface area contributed by atoms with Crippen LogP contribution in [-0.2, 0) is 4.79 Å². The zero-order valence-electron chi connectivity index (χ0n) is 13.5. The molecule has 0 spiro atoms. The number of hydrogen-bond donors (Lipinski definition) is 1. The lowest BCUT2D eigenvalue weighted by Crippen LogP contribution is -2.53. The van der Waals surface area contributed by atoms with Crippen LogP contribution in [0.4, 0.5) is 0 Å². The normalized spacial score (nSPS) is 34.4. The Bertz CT molecular complexity index is 365. The van der Waals surface area contributed by atoms with E-state index in [4.69, 9.17) is 5.73 Å². The zero-order valence-corrected chi connectivity index (χ0v) is 13.5. The Morgan fingerprint density at radius 3 is 2.48 bits per heavy atom. The first kappa shape index (κ1) is 15.3. The molecule has 0 aromatic heterocycles. The van der Waals surface area contributed by atoms with Crippen LogP contribution >= 0.6 is 0 Å². The molecule has 4 unspecified atom stereocenters. The number of hydrogen-bond acceptors (Lipinski definition) is 3. The van der Waals surface area contributed by atoms with E-state index < -0.39 is 0 Å². The van der Waals surface area contributed by atoms with Gasteiger partial charge in [-0.2, -0.15) is 0 Å². The summed E-state index contributed by atoms with van der Waals surface area (Å²) < 4.78 is 0. The van der Waals surface area contributed by atoms with Gasteiger partial charge in [0.15, 0.2) is 0 Å². The van der Waals surface area contributed by atoms with Gasteiger partial charge in [-0.1, -0.05) is 13.3 Å². The van der Waals surface area contributed by atoms with E-state index in [9.17, 15) is 4.79 Å². The molecule has 0 aromatic rings. The Morgan fingerprint density at radius 2 is 1.95 bits per heavy atom. The van der Waals surface area contributed by atoms with Crippen molar-refractivity contribution in [3.63, 3.8) is 0 Å². The molecule has 1 saturated heterocycles. The third-order valence-corrected chi connectivity index (χ3v) is 6.17. The van der Waals surface area contributed by atoms with E-state index in [-0.39, 0.29) is 0 Å². The summed E-state index contributed by atoms with van der Waals surface area (Å²) in [5.41, 5.74) is 5.71. The molecule has 0 radical (unpaired) electrons. The van der Waals surface area contributed by atoms with Crippen molar-refractivity contribution in [1.29, 1.82) is 0 Å². The molecule has 2 N–H and O–H groups in total. The molecule has 1 aliphatic heterocycles. The van der Waals surface area contributed by atoms with E-state index in [1.807, 2.05) is 0 Å². The van der Waals surface area contributed by atoms with Gasteiger partial charge in [-0.3, -0.25) is 9.69 Å². The maximum Gasteiger partial charge on any atom is 0.226 e. The minimum absolute atomic E-state index is 0.362. The number of carbonyl (C=O) groups excluding carboxylic acids is 1. The standard InChI is InChI=1S/C17H31N3O/c1-2-15(5-6-18)19-7-9-20(10-8-19)17(21)16-12-13-3-4-14(16)11-13/h13-16H,2-12,18H2,1H3. The molecule has 3 aliphatic rings. The van der Waals surface area contributed by atoms with Gasteiger partial charge >= 0.3 is 0 Å². The van der Waals surface area contributed by atoms with Gasteiger partial charge in [0.25, 0.3) is 0 Å². The second kappa shape index (κ2) is 6.66. The number of carbonyl (C=O) groups is 1. The van der Waals surface area contributed by atoms with Crippen molar-refractivity contribution in [3.05, 3.63) is 0 Å². The largest absolute Gasteiger partial charge is 0.340 e. The second-order valence-corrected chi connectivity index (χ2v) is 7.28. The van der Waals surface area contributed by atoms with Gasteiger partial charge in [0.2, 0.25) is 5.91 Å². The molecule has 3 fully saturated rings. The Kier molecular flexibility index (Phi) is 4.85.